The smallest absolute Gasteiger partial charge is 0.274 e. The van der Waals surface area contributed by atoms with Crippen molar-refractivity contribution in [3.63, 3.8) is 0 Å². The molecule has 0 unspecified atom stereocenters. The van der Waals surface area contributed by atoms with Crippen LogP contribution in [0.15, 0.2) is 40.6 Å². The number of hydrogen-bond acceptors (Lipinski definition) is 5. The predicted octanol–water partition coefficient (Wildman–Crippen LogP) is 2.20. The second-order valence-corrected chi connectivity index (χ2v) is 3.05. The van der Waals surface area contributed by atoms with Gasteiger partial charge in [0.25, 0.3) is 5.54 Å². The third-order valence-electron chi connectivity index (χ3n) is 1.82. The molecule has 0 aliphatic heterocycles. The van der Waals surface area contributed by atoms with Gasteiger partial charge in [0.2, 0.25) is 0 Å². The third-order valence-corrected chi connectivity index (χ3v) is 1.82. The number of methoxy groups -OCH3 is 1. The molecule has 80 valence electrons. The minimum atomic E-state index is -1.56. The minimum absolute atomic E-state index is 0.101. The Morgan fingerprint density at radius 2 is 1.88 bits per heavy atom. The van der Waals surface area contributed by atoms with Crippen molar-refractivity contribution in [2.24, 2.45) is 10.2 Å². The van der Waals surface area contributed by atoms with Gasteiger partial charge in [0, 0.05) is 7.11 Å². The second-order valence-electron chi connectivity index (χ2n) is 3.05. The van der Waals surface area contributed by atoms with Gasteiger partial charge in [-0.25, -0.2) is 0 Å². The van der Waals surface area contributed by atoms with Crippen molar-refractivity contribution in [2.45, 2.75) is 5.54 Å². The van der Waals surface area contributed by atoms with Crippen molar-refractivity contribution >= 4 is 5.69 Å². The Morgan fingerprint density at radius 3 is 2.38 bits per heavy atom. The Balaban J connectivity index is 2.90. The summed E-state index contributed by atoms with van der Waals surface area (Å²) in [5, 5.41) is 25.3. The Kier molecular flexibility index (Phi) is 4.14. The fourth-order valence-electron chi connectivity index (χ4n) is 1.01. The highest BCUT2D eigenvalue weighted by Gasteiger charge is 2.30. The van der Waals surface area contributed by atoms with Gasteiger partial charge in [-0.15, -0.1) is 5.11 Å². The molecule has 0 amide bonds. The van der Waals surface area contributed by atoms with Crippen LogP contribution in [0.25, 0.3) is 0 Å². The van der Waals surface area contributed by atoms with Crippen LogP contribution in [0.2, 0.25) is 0 Å². The maximum absolute atomic E-state index is 8.88. The normalized spacial score (nSPS) is 10.9. The molecule has 0 N–H and O–H groups in total. The molecule has 0 radical (unpaired) electrons. The molecule has 0 aliphatic carbocycles. The van der Waals surface area contributed by atoms with Gasteiger partial charge in [-0.2, -0.15) is 15.6 Å². The standard InChI is InChI=1S/C11H10N4O/c1-16-9-11(7-12,8-13)15-14-10-5-3-2-4-6-10/h2-6H,9H2,1H3. The van der Waals surface area contributed by atoms with E-state index in [1.54, 1.807) is 36.4 Å². The zero-order valence-corrected chi connectivity index (χ0v) is 8.79. The molecule has 0 aliphatic rings. The van der Waals surface area contributed by atoms with Crippen molar-refractivity contribution in [1.29, 1.82) is 10.5 Å². The molecule has 5 heteroatoms. The first-order valence-electron chi connectivity index (χ1n) is 4.56. The Morgan fingerprint density at radius 1 is 1.25 bits per heavy atom. The number of benzene rings is 1. The van der Waals surface area contributed by atoms with Crippen LogP contribution in [-0.2, 0) is 4.74 Å². The molecule has 0 saturated carbocycles. The molecule has 1 aromatic carbocycles. The van der Waals surface area contributed by atoms with Crippen molar-refractivity contribution in [3.05, 3.63) is 30.3 Å². The van der Waals surface area contributed by atoms with Crippen LogP contribution in [0.1, 0.15) is 0 Å². The summed E-state index contributed by atoms with van der Waals surface area (Å²) in [7, 11) is 1.40. The van der Waals surface area contributed by atoms with Crippen molar-refractivity contribution in [3.8, 4) is 12.1 Å². The van der Waals surface area contributed by atoms with Gasteiger partial charge >= 0.3 is 0 Å². The lowest BCUT2D eigenvalue weighted by Crippen LogP contribution is -2.27. The summed E-state index contributed by atoms with van der Waals surface area (Å²) >= 11 is 0. The van der Waals surface area contributed by atoms with E-state index in [1.165, 1.54) is 7.11 Å². The van der Waals surface area contributed by atoms with Gasteiger partial charge in [-0.05, 0) is 12.1 Å². The van der Waals surface area contributed by atoms with Crippen LogP contribution in [0, 0.1) is 22.7 Å². The fourth-order valence-corrected chi connectivity index (χ4v) is 1.01. The average molecular weight is 214 g/mol. The highest BCUT2D eigenvalue weighted by molar-refractivity contribution is 5.35. The number of nitriles is 2. The van der Waals surface area contributed by atoms with Crippen molar-refractivity contribution in [2.75, 3.05) is 13.7 Å². The van der Waals surface area contributed by atoms with Crippen molar-refractivity contribution in [1.82, 2.24) is 0 Å². The van der Waals surface area contributed by atoms with Gasteiger partial charge in [0.05, 0.1) is 5.69 Å². The predicted molar refractivity (Wildman–Crippen MR) is 56.8 cm³/mol. The molecule has 0 spiro atoms. The summed E-state index contributed by atoms with van der Waals surface area (Å²) in [4.78, 5) is 0. The Hall–Kier alpha value is -2.24. The molecule has 0 atom stereocenters. The third kappa shape index (κ3) is 2.88. The fraction of sp³-hybridized carbons (Fsp3) is 0.273. The molecule has 0 saturated heterocycles. The lowest BCUT2D eigenvalue weighted by atomic mass is 10.1. The van der Waals surface area contributed by atoms with E-state index in [2.05, 4.69) is 10.2 Å². The molecule has 1 rings (SSSR count). The summed E-state index contributed by atoms with van der Waals surface area (Å²) in [6.45, 7) is -0.101. The first-order valence-corrected chi connectivity index (χ1v) is 4.56. The molecule has 0 bridgehead atoms. The van der Waals surface area contributed by atoms with E-state index in [4.69, 9.17) is 15.3 Å². The van der Waals surface area contributed by atoms with Crippen LogP contribution in [0.5, 0.6) is 0 Å². The molecule has 0 aromatic heterocycles. The summed E-state index contributed by atoms with van der Waals surface area (Å²) in [6.07, 6.45) is 0. The summed E-state index contributed by atoms with van der Waals surface area (Å²) in [5.74, 6) is 0. The highest BCUT2D eigenvalue weighted by atomic mass is 16.5. The second kappa shape index (κ2) is 5.59. The van der Waals surface area contributed by atoms with E-state index in [-0.39, 0.29) is 6.61 Å². The molecule has 1 aromatic rings. The van der Waals surface area contributed by atoms with Crippen LogP contribution in [0.3, 0.4) is 0 Å². The first kappa shape index (κ1) is 11.8. The van der Waals surface area contributed by atoms with E-state index < -0.39 is 5.54 Å². The highest BCUT2D eigenvalue weighted by Crippen LogP contribution is 2.16. The van der Waals surface area contributed by atoms with Crippen LogP contribution in [-0.4, -0.2) is 19.3 Å². The van der Waals surface area contributed by atoms with Gasteiger partial charge in [0.15, 0.2) is 0 Å². The molecule has 5 nitrogen and oxygen atoms in total. The molecular formula is C11H10N4O. The number of ether oxygens (including phenoxy) is 1. The monoisotopic (exact) mass is 214 g/mol. The maximum Gasteiger partial charge on any atom is 0.274 e. The van der Waals surface area contributed by atoms with Gasteiger partial charge < -0.3 is 4.74 Å². The minimum Gasteiger partial charge on any atom is -0.380 e. The van der Waals surface area contributed by atoms with E-state index in [0.29, 0.717) is 5.69 Å². The Labute approximate surface area is 93.6 Å². The average Bonchev–Trinajstić information content (AvgIpc) is 2.36. The van der Waals surface area contributed by atoms with Gasteiger partial charge in [-0.1, -0.05) is 18.2 Å². The first-order chi connectivity index (χ1) is 7.76. The largest absolute Gasteiger partial charge is 0.380 e. The van der Waals surface area contributed by atoms with E-state index >= 15 is 0 Å². The van der Waals surface area contributed by atoms with E-state index in [9.17, 15) is 0 Å². The van der Waals surface area contributed by atoms with Crippen LogP contribution < -0.4 is 0 Å². The number of nitrogens with zero attached hydrogens (tertiary/aromatic N) is 4. The molecule has 0 fully saturated rings. The van der Waals surface area contributed by atoms with E-state index in [1.807, 2.05) is 6.07 Å². The lowest BCUT2D eigenvalue weighted by molar-refractivity contribution is 0.174. The SMILES string of the molecule is COCC(C#N)(C#N)N=Nc1ccccc1. The zero-order valence-electron chi connectivity index (χ0n) is 8.79. The zero-order chi connectivity index (χ0) is 11.9. The summed E-state index contributed by atoms with van der Waals surface area (Å²) in [5.41, 5.74) is -0.974. The molecular weight excluding hydrogens is 204 g/mol. The number of hydrogen-bond donors (Lipinski definition) is 0. The maximum atomic E-state index is 8.88. The lowest BCUT2D eigenvalue weighted by Gasteiger charge is -2.09. The number of azo groups is 1. The van der Waals surface area contributed by atoms with Crippen LogP contribution >= 0.6 is 0 Å². The van der Waals surface area contributed by atoms with Crippen LogP contribution in [0.4, 0.5) is 5.69 Å². The van der Waals surface area contributed by atoms with Gasteiger partial charge in [-0.3, -0.25) is 0 Å². The number of rotatable bonds is 4. The van der Waals surface area contributed by atoms with Gasteiger partial charge in [0.1, 0.15) is 18.7 Å². The Bertz CT molecular complexity index is 427. The summed E-state index contributed by atoms with van der Waals surface area (Å²) in [6, 6.07) is 12.5. The molecule has 0 heterocycles. The molecule has 16 heavy (non-hydrogen) atoms. The topological polar surface area (TPSA) is 81.5 Å². The summed E-state index contributed by atoms with van der Waals surface area (Å²) < 4.78 is 4.78. The van der Waals surface area contributed by atoms with E-state index in [0.717, 1.165) is 0 Å². The quantitative estimate of drug-likeness (QED) is 0.720. The van der Waals surface area contributed by atoms with Crippen molar-refractivity contribution < 1.29 is 4.74 Å².